The molecule has 0 spiro atoms. The van der Waals surface area contributed by atoms with E-state index in [9.17, 15) is 10.1 Å². The molecule has 4 aromatic rings. The standard InChI is InChI=1S/C18H12N6OS/c19-10-12-11-20-24(13-5-2-1-3-6-13)17(12)21-18(25)15-9-14(22-23-15)16-7-4-8-26-16/h1-9,11H,(H,21,25)(H,22,23). The largest absolute Gasteiger partial charge is 0.304 e. The number of hydrogen-bond donors (Lipinski definition) is 2. The van der Waals surface area contributed by atoms with E-state index in [-0.39, 0.29) is 11.3 Å². The van der Waals surface area contributed by atoms with E-state index in [1.807, 2.05) is 53.9 Å². The van der Waals surface area contributed by atoms with E-state index in [1.54, 1.807) is 17.4 Å². The maximum absolute atomic E-state index is 12.6. The van der Waals surface area contributed by atoms with Gasteiger partial charge in [0, 0.05) is 0 Å². The minimum absolute atomic E-state index is 0.234. The molecule has 1 amide bonds. The van der Waals surface area contributed by atoms with Crippen LogP contribution in [0, 0.1) is 11.3 Å². The van der Waals surface area contributed by atoms with Crippen molar-refractivity contribution in [2.45, 2.75) is 0 Å². The van der Waals surface area contributed by atoms with Crippen LogP contribution in [0.15, 0.2) is 60.1 Å². The van der Waals surface area contributed by atoms with Gasteiger partial charge >= 0.3 is 0 Å². The average Bonchev–Trinajstić information content (AvgIpc) is 3.42. The number of carbonyl (C=O) groups is 1. The summed E-state index contributed by atoms with van der Waals surface area (Å²) in [5.41, 5.74) is 2.02. The van der Waals surface area contributed by atoms with Crippen molar-refractivity contribution in [1.29, 1.82) is 5.26 Å². The number of aromatic amines is 1. The van der Waals surface area contributed by atoms with Crippen LogP contribution in [0.2, 0.25) is 0 Å². The first-order chi connectivity index (χ1) is 12.8. The lowest BCUT2D eigenvalue weighted by atomic mass is 10.3. The first-order valence-corrected chi connectivity index (χ1v) is 8.58. The number of thiophene rings is 1. The number of aromatic nitrogens is 4. The summed E-state index contributed by atoms with van der Waals surface area (Å²) in [5.74, 6) is -0.109. The topological polar surface area (TPSA) is 99.4 Å². The van der Waals surface area contributed by atoms with Gasteiger partial charge in [-0.3, -0.25) is 9.89 Å². The van der Waals surface area contributed by atoms with Gasteiger partial charge in [-0.1, -0.05) is 24.3 Å². The van der Waals surface area contributed by atoms with Gasteiger partial charge in [-0.15, -0.1) is 11.3 Å². The second kappa shape index (κ2) is 6.66. The van der Waals surface area contributed by atoms with Crippen LogP contribution in [-0.4, -0.2) is 25.9 Å². The Hall–Kier alpha value is -3.70. The zero-order chi connectivity index (χ0) is 17.9. The number of nitrogens with zero attached hydrogens (tertiary/aromatic N) is 4. The molecule has 26 heavy (non-hydrogen) atoms. The highest BCUT2D eigenvalue weighted by molar-refractivity contribution is 7.13. The molecule has 0 saturated heterocycles. The Labute approximate surface area is 152 Å². The van der Waals surface area contributed by atoms with Gasteiger partial charge in [-0.2, -0.15) is 15.5 Å². The Morgan fingerprint density at radius 2 is 2.08 bits per heavy atom. The van der Waals surface area contributed by atoms with Crippen LogP contribution < -0.4 is 5.32 Å². The molecular weight excluding hydrogens is 348 g/mol. The minimum Gasteiger partial charge on any atom is -0.304 e. The monoisotopic (exact) mass is 360 g/mol. The zero-order valence-corrected chi connectivity index (χ0v) is 14.2. The van der Waals surface area contributed by atoms with Crippen LogP contribution in [-0.2, 0) is 0 Å². The fourth-order valence-corrected chi connectivity index (χ4v) is 3.18. The highest BCUT2D eigenvalue weighted by Crippen LogP contribution is 2.24. The summed E-state index contributed by atoms with van der Waals surface area (Å²) >= 11 is 1.55. The summed E-state index contributed by atoms with van der Waals surface area (Å²) in [6, 6.07) is 16.9. The Kier molecular flexibility index (Phi) is 4.05. The van der Waals surface area contributed by atoms with Crippen molar-refractivity contribution in [3.63, 3.8) is 0 Å². The number of carbonyl (C=O) groups excluding carboxylic acids is 1. The molecule has 0 unspecified atom stereocenters. The zero-order valence-electron chi connectivity index (χ0n) is 13.4. The van der Waals surface area contributed by atoms with E-state index < -0.39 is 5.91 Å². The van der Waals surface area contributed by atoms with Crippen LogP contribution in [0.4, 0.5) is 5.82 Å². The van der Waals surface area contributed by atoms with Gasteiger partial charge in [0.05, 0.1) is 22.5 Å². The average molecular weight is 360 g/mol. The van der Waals surface area contributed by atoms with Gasteiger partial charge < -0.3 is 5.32 Å². The minimum atomic E-state index is -0.418. The van der Waals surface area contributed by atoms with E-state index in [4.69, 9.17) is 0 Å². The second-order valence-electron chi connectivity index (χ2n) is 5.36. The molecule has 126 valence electrons. The summed E-state index contributed by atoms with van der Waals surface area (Å²) in [6.07, 6.45) is 1.42. The number of hydrogen-bond acceptors (Lipinski definition) is 5. The van der Waals surface area contributed by atoms with E-state index in [0.29, 0.717) is 5.82 Å². The summed E-state index contributed by atoms with van der Waals surface area (Å²) in [7, 11) is 0. The maximum Gasteiger partial charge on any atom is 0.277 e. The quantitative estimate of drug-likeness (QED) is 0.582. The van der Waals surface area contributed by atoms with Gasteiger partial charge in [0.25, 0.3) is 5.91 Å². The third kappa shape index (κ3) is 2.87. The van der Waals surface area contributed by atoms with Gasteiger partial charge in [0.15, 0.2) is 11.5 Å². The van der Waals surface area contributed by atoms with Crippen molar-refractivity contribution in [3.8, 4) is 22.3 Å². The van der Waals surface area contributed by atoms with Crippen LogP contribution >= 0.6 is 11.3 Å². The Bertz CT molecular complexity index is 1090. The SMILES string of the molecule is N#Cc1cnn(-c2ccccc2)c1NC(=O)c1cc(-c2cccs2)[nH]n1. The van der Waals surface area contributed by atoms with E-state index in [1.165, 1.54) is 10.9 Å². The molecule has 0 radical (unpaired) electrons. The first-order valence-electron chi connectivity index (χ1n) is 7.70. The summed E-state index contributed by atoms with van der Waals surface area (Å²) in [6.45, 7) is 0. The maximum atomic E-state index is 12.6. The Balaban J connectivity index is 1.64. The van der Waals surface area contributed by atoms with Gasteiger partial charge in [0.1, 0.15) is 11.6 Å². The molecule has 0 saturated carbocycles. The van der Waals surface area contributed by atoms with Crippen LogP contribution in [0.1, 0.15) is 16.1 Å². The Morgan fingerprint density at radius 1 is 1.23 bits per heavy atom. The second-order valence-corrected chi connectivity index (χ2v) is 6.31. The fourth-order valence-electron chi connectivity index (χ4n) is 2.48. The van der Waals surface area contributed by atoms with E-state index in [2.05, 4.69) is 20.6 Å². The lowest BCUT2D eigenvalue weighted by Crippen LogP contribution is -2.16. The number of para-hydroxylation sites is 1. The molecule has 3 heterocycles. The number of rotatable bonds is 4. The van der Waals surface area contributed by atoms with E-state index in [0.717, 1.165) is 16.3 Å². The normalized spacial score (nSPS) is 10.4. The van der Waals surface area contributed by atoms with Gasteiger partial charge in [-0.25, -0.2) is 4.68 Å². The molecule has 7 nitrogen and oxygen atoms in total. The molecular formula is C18H12N6OS. The lowest BCUT2D eigenvalue weighted by Gasteiger charge is -2.08. The Morgan fingerprint density at radius 3 is 2.81 bits per heavy atom. The highest BCUT2D eigenvalue weighted by Gasteiger charge is 2.18. The molecule has 0 aliphatic rings. The van der Waals surface area contributed by atoms with Crippen molar-refractivity contribution < 1.29 is 4.79 Å². The van der Waals surface area contributed by atoms with Crippen LogP contribution in [0.3, 0.4) is 0 Å². The highest BCUT2D eigenvalue weighted by atomic mass is 32.1. The molecule has 4 rings (SSSR count). The van der Waals surface area contributed by atoms with Crippen molar-refractivity contribution in [2.75, 3.05) is 5.32 Å². The van der Waals surface area contributed by atoms with E-state index >= 15 is 0 Å². The summed E-state index contributed by atoms with van der Waals surface area (Å²) in [4.78, 5) is 13.6. The fraction of sp³-hybridized carbons (Fsp3) is 0. The van der Waals surface area contributed by atoms with Crippen molar-refractivity contribution in [2.24, 2.45) is 0 Å². The molecule has 8 heteroatoms. The molecule has 1 aromatic carbocycles. The summed E-state index contributed by atoms with van der Waals surface area (Å²) in [5, 5.41) is 25.1. The van der Waals surface area contributed by atoms with Crippen molar-refractivity contribution >= 4 is 23.1 Å². The van der Waals surface area contributed by atoms with Crippen molar-refractivity contribution in [1.82, 2.24) is 20.0 Å². The molecule has 0 bridgehead atoms. The third-order valence-electron chi connectivity index (χ3n) is 3.72. The molecule has 0 fully saturated rings. The molecule has 0 atom stereocenters. The first kappa shape index (κ1) is 15.8. The van der Waals surface area contributed by atoms with Gasteiger partial charge in [-0.05, 0) is 29.6 Å². The van der Waals surface area contributed by atoms with Gasteiger partial charge in [0.2, 0.25) is 0 Å². The predicted molar refractivity (Wildman–Crippen MR) is 98.1 cm³/mol. The lowest BCUT2D eigenvalue weighted by molar-refractivity contribution is 0.102. The van der Waals surface area contributed by atoms with Crippen LogP contribution in [0.25, 0.3) is 16.3 Å². The number of nitrogens with one attached hydrogen (secondary N) is 2. The number of anilines is 1. The number of benzene rings is 1. The molecule has 3 aromatic heterocycles. The number of H-pyrrole nitrogens is 1. The predicted octanol–water partition coefficient (Wildman–Crippen LogP) is 3.45. The third-order valence-corrected chi connectivity index (χ3v) is 4.62. The summed E-state index contributed by atoms with van der Waals surface area (Å²) < 4.78 is 1.52. The van der Waals surface area contributed by atoms with Crippen LogP contribution in [0.5, 0.6) is 0 Å². The molecule has 0 aliphatic carbocycles. The molecule has 0 aliphatic heterocycles. The van der Waals surface area contributed by atoms with Crippen molar-refractivity contribution in [3.05, 3.63) is 71.4 Å². The number of amides is 1. The molecule has 2 N–H and O–H groups in total. The number of nitriles is 1. The smallest absolute Gasteiger partial charge is 0.277 e.